The van der Waals surface area contributed by atoms with Crippen molar-refractivity contribution in [2.24, 2.45) is 5.73 Å². The minimum absolute atomic E-state index is 0.00715. The fourth-order valence-corrected chi connectivity index (χ4v) is 2.85. The number of nitrogens with zero attached hydrogens (tertiary/aromatic N) is 2. The van der Waals surface area contributed by atoms with Gasteiger partial charge >= 0.3 is 0 Å². The van der Waals surface area contributed by atoms with Crippen molar-refractivity contribution < 1.29 is 8.78 Å². The van der Waals surface area contributed by atoms with E-state index in [4.69, 9.17) is 5.73 Å². The van der Waals surface area contributed by atoms with Gasteiger partial charge in [-0.1, -0.05) is 6.07 Å². The molecule has 1 atom stereocenters. The van der Waals surface area contributed by atoms with Crippen LogP contribution in [0.5, 0.6) is 0 Å². The average Bonchev–Trinajstić information content (AvgIpc) is 2.39. The van der Waals surface area contributed by atoms with Gasteiger partial charge in [0, 0.05) is 24.2 Å². The number of rotatable bonds is 4. The van der Waals surface area contributed by atoms with Gasteiger partial charge in [0.05, 0.1) is 0 Å². The molecule has 1 aliphatic rings. The van der Waals surface area contributed by atoms with Crippen molar-refractivity contribution >= 4 is 0 Å². The first-order chi connectivity index (χ1) is 9.49. The van der Waals surface area contributed by atoms with E-state index in [0.29, 0.717) is 12.6 Å². The Morgan fingerprint density at radius 3 is 2.40 bits per heavy atom. The minimum Gasteiger partial charge on any atom is -0.323 e. The summed E-state index contributed by atoms with van der Waals surface area (Å²) in [6, 6.07) is 3.68. The molecule has 5 heteroatoms. The normalized spacial score (nSPS) is 19.5. The van der Waals surface area contributed by atoms with E-state index < -0.39 is 17.7 Å². The Morgan fingerprint density at radius 2 is 1.85 bits per heavy atom. The number of hydrogen-bond acceptors (Lipinski definition) is 3. The van der Waals surface area contributed by atoms with Crippen LogP contribution in [0.3, 0.4) is 0 Å². The largest absolute Gasteiger partial charge is 0.323 e. The lowest BCUT2D eigenvalue weighted by atomic mass is 10.0. The Morgan fingerprint density at radius 1 is 1.30 bits per heavy atom. The highest BCUT2D eigenvalue weighted by atomic mass is 19.1. The Bertz CT molecular complexity index is 424. The van der Waals surface area contributed by atoms with E-state index in [1.165, 1.54) is 18.2 Å². The molecule has 1 heterocycles. The molecular weight excluding hydrogens is 260 g/mol. The average molecular weight is 283 g/mol. The standard InChI is InChI=1S/C15H23F2N3/c1-19-8-6-11(7-9-19)20(2)10-14(18)15-12(16)4-3-5-13(15)17/h3-5,11,14H,6-10,18H2,1-2H3. The zero-order chi connectivity index (χ0) is 14.7. The van der Waals surface area contributed by atoms with E-state index in [0.717, 1.165) is 25.9 Å². The van der Waals surface area contributed by atoms with Crippen LogP contribution in [-0.4, -0.2) is 49.6 Å². The molecule has 0 bridgehead atoms. The van der Waals surface area contributed by atoms with Crippen LogP contribution in [0, 0.1) is 11.6 Å². The maximum absolute atomic E-state index is 13.7. The van der Waals surface area contributed by atoms with Gasteiger partial charge in [0.15, 0.2) is 0 Å². The molecule has 0 amide bonds. The van der Waals surface area contributed by atoms with Crippen molar-refractivity contribution in [2.45, 2.75) is 24.9 Å². The number of nitrogens with two attached hydrogens (primary N) is 1. The molecule has 2 rings (SSSR count). The first kappa shape index (κ1) is 15.4. The molecule has 1 saturated heterocycles. The van der Waals surface area contributed by atoms with Crippen LogP contribution in [-0.2, 0) is 0 Å². The third kappa shape index (κ3) is 3.53. The van der Waals surface area contributed by atoms with Crippen molar-refractivity contribution in [3.05, 3.63) is 35.4 Å². The SMILES string of the molecule is CN1CCC(N(C)CC(N)c2c(F)cccc2F)CC1. The zero-order valence-electron chi connectivity index (χ0n) is 12.1. The molecule has 2 N–H and O–H groups in total. The molecule has 0 radical (unpaired) electrons. The van der Waals surface area contributed by atoms with E-state index in [9.17, 15) is 8.78 Å². The predicted octanol–water partition coefficient (Wildman–Crippen LogP) is 1.99. The van der Waals surface area contributed by atoms with Gasteiger partial charge in [0.2, 0.25) is 0 Å². The van der Waals surface area contributed by atoms with Crippen molar-refractivity contribution in [3.8, 4) is 0 Å². The van der Waals surface area contributed by atoms with Crippen LogP contribution in [0.15, 0.2) is 18.2 Å². The molecule has 0 spiro atoms. The second-order valence-electron chi connectivity index (χ2n) is 5.72. The molecule has 112 valence electrons. The fraction of sp³-hybridized carbons (Fsp3) is 0.600. The molecule has 1 fully saturated rings. The fourth-order valence-electron chi connectivity index (χ4n) is 2.85. The highest BCUT2D eigenvalue weighted by Gasteiger charge is 2.24. The van der Waals surface area contributed by atoms with Gasteiger partial charge in [0.25, 0.3) is 0 Å². The summed E-state index contributed by atoms with van der Waals surface area (Å²) in [5, 5.41) is 0. The van der Waals surface area contributed by atoms with Crippen molar-refractivity contribution in [1.82, 2.24) is 9.80 Å². The van der Waals surface area contributed by atoms with Gasteiger partial charge in [-0.15, -0.1) is 0 Å². The third-order valence-corrected chi connectivity index (χ3v) is 4.17. The molecule has 0 aromatic heterocycles. The van der Waals surface area contributed by atoms with Gasteiger partial charge in [-0.05, 0) is 52.2 Å². The van der Waals surface area contributed by atoms with E-state index in [1.807, 2.05) is 7.05 Å². The summed E-state index contributed by atoms with van der Waals surface area (Å²) in [6.45, 7) is 2.57. The lowest BCUT2D eigenvalue weighted by molar-refractivity contribution is 0.138. The number of halogens is 2. The summed E-state index contributed by atoms with van der Waals surface area (Å²) in [4.78, 5) is 4.42. The molecule has 20 heavy (non-hydrogen) atoms. The van der Waals surface area contributed by atoms with E-state index >= 15 is 0 Å². The van der Waals surface area contributed by atoms with Crippen LogP contribution in [0.1, 0.15) is 24.4 Å². The Labute approximate surface area is 119 Å². The minimum atomic E-state index is -0.638. The first-order valence-electron chi connectivity index (χ1n) is 7.07. The quantitative estimate of drug-likeness (QED) is 0.917. The van der Waals surface area contributed by atoms with Gasteiger partial charge in [-0.3, -0.25) is 0 Å². The number of benzene rings is 1. The van der Waals surface area contributed by atoms with Crippen LogP contribution < -0.4 is 5.73 Å². The summed E-state index contributed by atoms with van der Waals surface area (Å²) in [5.41, 5.74) is 5.99. The Kier molecular flexibility index (Phi) is 5.07. The summed E-state index contributed by atoms with van der Waals surface area (Å²) < 4.78 is 27.4. The van der Waals surface area contributed by atoms with Gasteiger partial charge < -0.3 is 15.5 Å². The van der Waals surface area contributed by atoms with Gasteiger partial charge in [0.1, 0.15) is 11.6 Å². The van der Waals surface area contributed by atoms with Gasteiger partial charge in [-0.25, -0.2) is 8.78 Å². The van der Waals surface area contributed by atoms with Crippen molar-refractivity contribution in [2.75, 3.05) is 33.7 Å². The highest BCUT2D eigenvalue weighted by Crippen LogP contribution is 2.22. The third-order valence-electron chi connectivity index (χ3n) is 4.17. The maximum Gasteiger partial charge on any atom is 0.130 e. The molecule has 1 aromatic rings. The second-order valence-corrected chi connectivity index (χ2v) is 5.72. The van der Waals surface area contributed by atoms with E-state index in [1.54, 1.807) is 0 Å². The molecule has 1 aromatic carbocycles. The van der Waals surface area contributed by atoms with Crippen LogP contribution in [0.4, 0.5) is 8.78 Å². The summed E-state index contributed by atoms with van der Waals surface area (Å²) in [7, 11) is 4.09. The highest BCUT2D eigenvalue weighted by molar-refractivity contribution is 5.23. The van der Waals surface area contributed by atoms with Crippen LogP contribution in [0.25, 0.3) is 0 Å². The lowest BCUT2D eigenvalue weighted by Crippen LogP contribution is -2.44. The lowest BCUT2D eigenvalue weighted by Gasteiger charge is -2.36. The van der Waals surface area contributed by atoms with Crippen molar-refractivity contribution in [3.63, 3.8) is 0 Å². The molecule has 1 unspecified atom stereocenters. The summed E-state index contributed by atoms with van der Waals surface area (Å²) >= 11 is 0. The number of hydrogen-bond donors (Lipinski definition) is 1. The number of piperidine rings is 1. The molecule has 3 nitrogen and oxygen atoms in total. The van der Waals surface area contributed by atoms with E-state index in [-0.39, 0.29) is 5.56 Å². The topological polar surface area (TPSA) is 32.5 Å². The summed E-state index contributed by atoms with van der Waals surface area (Å²) in [5.74, 6) is -1.12. The zero-order valence-corrected chi connectivity index (χ0v) is 12.1. The summed E-state index contributed by atoms with van der Waals surface area (Å²) in [6.07, 6.45) is 2.14. The number of likely N-dealkylation sites (N-methyl/N-ethyl adjacent to an activating group) is 1. The van der Waals surface area contributed by atoms with Crippen molar-refractivity contribution in [1.29, 1.82) is 0 Å². The Balaban J connectivity index is 1.98. The van der Waals surface area contributed by atoms with Gasteiger partial charge in [-0.2, -0.15) is 0 Å². The Hall–Kier alpha value is -1.04. The first-order valence-corrected chi connectivity index (χ1v) is 7.07. The molecular formula is C15H23F2N3. The second kappa shape index (κ2) is 6.61. The molecule has 1 aliphatic heterocycles. The number of likely N-dealkylation sites (tertiary alicyclic amines) is 1. The van der Waals surface area contributed by atoms with Crippen LogP contribution >= 0.6 is 0 Å². The maximum atomic E-state index is 13.7. The smallest absolute Gasteiger partial charge is 0.130 e. The predicted molar refractivity (Wildman–Crippen MR) is 76.4 cm³/mol. The molecule has 0 aliphatic carbocycles. The van der Waals surface area contributed by atoms with Crippen LogP contribution in [0.2, 0.25) is 0 Å². The monoisotopic (exact) mass is 283 g/mol. The van der Waals surface area contributed by atoms with E-state index in [2.05, 4.69) is 16.8 Å². The molecule has 0 saturated carbocycles.